The van der Waals surface area contributed by atoms with Gasteiger partial charge in [0.05, 0.1) is 6.54 Å². The Balaban J connectivity index is 1.86. The van der Waals surface area contributed by atoms with E-state index in [0.29, 0.717) is 12.0 Å². The fraction of sp³-hybridized carbons (Fsp3) is 0.889. The van der Waals surface area contributed by atoms with E-state index in [0.717, 1.165) is 19.4 Å². The zero-order valence-corrected chi connectivity index (χ0v) is 7.62. The smallest absolute Gasteiger partial charge is 0.133 e. The van der Waals surface area contributed by atoms with Crippen molar-refractivity contribution in [3.63, 3.8) is 0 Å². The van der Waals surface area contributed by atoms with Gasteiger partial charge in [-0.15, -0.1) is 0 Å². The van der Waals surface area contributed by atoms with E-state index in [9.17, 15) is 4.79 Å². The number of carbonyl (C=O) groups is 1. The number of rotatable bonds is 2. The minimum atomic E-state index is 0.553. The highest BCUT2D eigenvalue weighted by atomic mass is 16.1. The summed E-state index contributed by atoms with van der Waals surface area (Å²) in [5.74, 6) is 0. The van der Waals surface area contributed by atoms with Crippen LogP contribution in [0.4, 0.5) is 0 Å². The summed E-state index contributed by atoms with van der Waals surface area (Å²) in [4.78, 5) is 14.9. The van der Waals surface area contributed by atoms with Crippen LogP contribution < -0.4 is 0 Å². The predicted molar refractivity (Wildman–Crippen MR) is 47.1 cm³/mol. The van der Waals surface area contributed by atoms with Crippen LogP contribution in [-0.2, 0) is 4.79 Å². The third-order valence-corrected chi connectivity index (χ3v) is 3.06. The van der Waals surface area contributed by atoms with Gasteiger partial charge in [0, 0.05) is 25.0 Å². The Bertz CT molecular complexity index is 187. The van der Waals surface area contributed by atoms with E-state index in [4.69, 9.17) is 0 Å². The summed E-state index contributed by atoms with van der Waals surface area (Å²) in [6.07, 6.45) is 2.30. The minimum Gasteiger partial charge on any atom is -0.305 e. The van der Waals surface area contributed by atoms with Crippen LogP contribution in [0.25, 0.3) is 0 Å². The zero-order valence-electron chi connectivity index (χ0n) is 7.62. The maximum atomic E-state index is 10.3. The van der Waals surface area contributed by atoms with Gasteiger partial charge in [-0.25, -0.2) is 0 Å². The van der Waals surface area contributed by atoms with Gasteiger partial charge in [-0.2, -0.15) is 0 Å². The van der Waals surface area contributed by atoms with Gasteiger partial charge < -0.3 is 9.69 Å². The summed E-state index contributed by atoms with van der Waals surface area (Å²) in [7, 11) is 2.16. The van der Waals surface area contributed by atoms with Gasteiger partial charge in [0.25, 0.3) is 0 Å². The lowest BCUT2D eigenvalue weighted by Gasteiger charge is -2.46. The van der Waals surface area contributed by atoms with Crippen LogP contribution in [0.1, 0.15) is 6.42 Å². The zero-order chi connectivity index (χ0) is 8.60. The first-order valence-corrected chi connectivity index (χ1v) is 4.59. The second-order valence-electron chi connectivity index (χ2n) is 4.32. The first-order valence-electron chi connectivity index (χ1n) is 4.59. The molecule has 2 heterocycles. The number of carbonyl (C=O) groups excluding carboxylic acids is 1. The molecule has 0 aromatic heterocycles. The molecule has 2 rings (SSSR count). The van der Waals surface area contributed by atoms with Crippen LogP contribution in [-0.4, -0.2) is 55.9 Å². The molecule has 0 amide bonds. The van der Waals surface area contributed by atoms with Crippen molar-refractivity contribution in [1.29, 1.82) is 0 Å². The quantitative estimate of drug-likeness (QED) is 0.535. The molecule has 0 unspecified atom stereocenters. The SMILES string of the molecule is CN1CC2(CCN(CC=O)C2)C1. The summed E-state index contributed by atoms with van der Waals surface area (Å²) < 4.78 is 0. The molecule has 1 spiro atoms. The average Bonchev–Trinajstić information content (AvgIpc) is 2.33. The summed E-state index contributed by atoms with van der Waals surface area (Å²) >= 11 is 0. The molecule has 2 saturated heterocycles. The standard InChI is InChI=1S/C9H16N2O/c1-10-6-9(7-10)2-3-11(8-9)4-5-12/h5H,2-4,6-8H2,1H3. The van der Waals surface area contributed by atoms with E-state index < -0.39 is 0 Å². The van der Waals surface area contributed by atoms with Crippen LogP contribution >= 0.6 is 0 Å². The van der Waals surface area contributed by atoms with Gasteiger partial charge in [0.1, 0.15) is 6.29 Å². The Labute approximate surface area is 73.3 Å². The lowest BCUT2D eigenvalue weighted by Crippen LogP contribution is -2.55. The normalized spacial score (nSPS) is 29.1. The molecule has 0 N–H and O–H groups in total. The molecule has 68 valence electrons. The van der Waals surface area contributed by atoms with E-state index in [1.165, 1.54) is 19.5 Å². The van der Waals surface area contributed by atoms with E-state index in [1.807, 2.05) is 0 Å². The van der Waals surface area contributed by atoms with E-state index in [1.54, 1.807) is 0 Å². The van der Waals surface area contributed by atoms with E-state index in [2.05, 4.69) is 16.8 Å². The van der Waals surface area contributed by atoms with Crippen molar-refractivity contribution in [3.8, 4) is 0 Å². The third kappa shape index (κ3) is 1.27. The molecule has 3 nitrogen and oxygen atoms in total. The van der Waals surface area contributed by atoms with Crippen LogP contribution in [0.5, 0.6) is 0 Å². The van der Waals surface area contributed by atoms with Gasteiger partial charge in [-0.1, -0.05) is 0 Å². The second-order valence-corrected chi connectivity index (χ2v) is 4.32. The monoisotopic (exact) mass is 168 g/mol. The van der Waals surface area contributed by atoms with Gasteiger partial charge in [0.2, 0.25) is 0 Å². The van der Waals surface area contributed by atoms with Gasteiger partial charge in [0.15, 0.2) is 0 Å². The summed E-state index contributed by atoms with van der Waals surface area (Å²) in [6, 6.07) is 0. The summed E-state index contributed by atoms with van der Waals surface area (Å²) in [6.45, 7) is 5.33. The van der Waals surface area contributed by atoms with Crippen molar-refractivity contribution in [2.24, 2.45) is 5.41 Å². The van der Waals surface area contributed by atoms with Crippen molar-refractivity contribution in [3.05, 3.63) is 0 Å². The van der Waals surface area contributed by atoms with Crippen molar-refractivity contribution >= 4 is 6.29 Å². The van der Waals surface area contributed by atoms with Crippen molar-refractivity contribution in [1.82, 2.24) is 9.80 Å². The number of aldehydes is 1. The van der Waals surface area contributed by atoms with Gasteiger partial charge >= 0.3 is 0 Å². The fourth-order valence-corrected chi connectivity index (χ4v) is 2.65. The first-order chi connectivity index (χ1) is 5.74. The van der Waals surface area contributed by atoms with Crippen LogP contribution in [0.2, 0.25) is 0 Å². The van der Waals surface area contributed by atoms with Crippen LogP contribution in [0.3, 0.4) is 0 Å². The molecule has 3 heteroatoms. The lowest BCUT2D eigenvalue weighted by molar-refractivity contribution is -0.108. The fourth-order valence-electron chi connectivity index (χ4n) is 2.65. The van der Waals surface area contributed by atoms with Gasteiger partial charge in [-0.05, 0) is 20.0 Å². The number of hydrogen-bond donors (Lipinski definition) is 0. The average molecular weight is 168 g/mol. The Morgan fingerprint density at radius 1 is 1.42 bits per heavy atom. The molecule has 0 atom stereocenters. The molecular formula is C9H16N2O. The summed E-state index contributed by atoms with van der Waals surface area (Å²) in [5.41, 5.74) is 0.553. The van der Waals surface area contributed by atoms with Crippen LogP contribution in [0.15, 0.2) is 0 Å². The molecule has 0 aromatic carbocycles. The minimum absolute atomic E-state index is 0.553. The van der Waals surface area contributed by atoms with Crippen LogP contribution in [0, 0.1) is 5.41 Å². The molecular weight excluding hydrogens is 152 g/mol. The lowest BCUT2D eigenvalue weighted by atomic mass is 9.79. The Hall–Kier alpha value is -0.410. The molecule has 2 aliphatic heterocycles. The first kappa shape index (κ1) is 8.20. The van der Waals surface area contributed by atoms with Crippen molar-refractivity contribution in [2.75, 3.05) is 39.8 Å². The highest BCUT2D eigenvalue weighted by Gasteiger charge is 2.45. The predicted octanol–water partition coefficient (Wildman–Crippen LogP) is -0.177. The van der Waals surface area contributed by atoms with E-state index in [-0.39, 0.29) is 0 Å². The maximum Gasteiger partial charge on any atom is 0.133 e. The molecule has 0 aliphatic carbocycles. The third-order valence-electron chi connectivity index (χ3n) is 3.06. The molecule has 0 aromatic rings. The number of nitrogens with zero attached hydrogens (tertiary/aromatic N) is 2. The van der Waals surface area contributed by atoms with E-state index >= 15 is 0 Å². The molecule has 0 saturated carbocycles. The number of likely N-dealkylation sites (tertiary alicyclic amines) is 2. The molecule has 12 heavy (non-hydrogen) atoms. The molecule has 2 fully saturated rings. The molecule has 2 aliphatic rings. The van der Waals surface area contributed by atoms with Gasteiger partial charge in [-0.3, -0.25) is 4.90 Å². The van der Waals surface area contributed by atoms with Crippen molar-refractivity contribution in [2.45, 2.75) is 6.42 Å². The van der Waals surface area contributed by atoms with Crippen molar-refractivity contribution < 1.29 is 4.79 Å². The maximum absolute atomic E-state index is 10.3. The molecule has 0 radical (unpaired) electrons. The summed E-state index contributed by atoms with van der Waals surface area (Å²) in [5, 5.41) is 0. The number of hydrogen-bond acceptors (Lipinski definition) is 3. The highest BCUT2D eigenvalue weighted by Crippen LogP contribution is 2.38. The Morgan fingerprint density at radius 3 is 2.75 bits per heavy atom. The largest absolute Gasteiger partial charge is 0.305 e. The Kier molecular flexibility index (Phi) is 1.93. The Morgan fingerprint density at radius 2 is 2.17 bits per heavy atom. The highest BCUT2D eigenvalue weighted by molar-refractivity contribution is 5.52. The topological polar surface area (TPSA) is 23.6 Å². The molecule has 0 bridgehead atoms. The second kappa shape index (κ2) is 2.82.